The van der Waals surface area contributed by atoms with E-state index in [2.05, 4.69) is 344 Å². The number of hydrogen-bond donors (Lipinski definition) is 0. The molecule has 16 rings (SSSR count). The lowest BCUT2D eigenvalue weighted by molar-refractivity contribution is -0.661. The molecule has 0 radical (unpaired) electrons. The Bertz CT molecular complexity index is 5120. The molecule has 0 atom stereocenters. The van der Waals surface area contributed by atoms with Crippen LogP contribution in [-0.2, 0) is 60.3 Å². The Morgan fingerprint density at radius 2 is 0.680 bits per heavy atom. The summed E-state index contributed by atoms with van der Waals surface area (Å²) in [6, 6.07) is 65.2. The van der Waals surface area contributed by atoms with Crippen molar-refractivity contribution in [3.05, 3.63) is 306 Å². The minimum atomic E-state index is 0.300. The molecule has 0 spiro atoms. The molecular formula is C93H98N4+4. The number of nitrogens with zero attached hydrogens (tertiary/aromatic N) is 4. The van der Waals surface area contributed by atoms with Crippen LogP contribution in [0.3, 0.4) is 0 Å². The van der Waals surface area contributed by atoms with Crippen molar-refractivity contribution >= 4 is 0 Å². The second-order valence-corrected chi connectivity index (χ2v) is 30.1. The molecule has 4 heteroatoms. The minimum Gasteiger partial charge on any atom is -0.201 e. The molecule has 0 N–H and O–H groups in total. The van der Waals surface area contributed by atoms with Crippen LogP contribution >= 0.6 is 0 Å². The van der Waals surface area contributed by atoms with Crippen LogP contribution in [-0.4, -0.2) is 0 Å². The van der Waals surface area contributed by atoms with Gasteiger partial charge in [-0.2, -0.15) is 0 Å². The summed E-state index contributed by atoms with van der Waals surface area (Å²) in [5.74, 6) is 0.552. The molecule has 0 bridgehead atoms. The Kier molecular flexibility index (Phi) is 18.0. The van der Waals surface area contributed by atoms with Crippen LogP contribution in [0.25, 0.3) is 89.5 Å². The monoisotopic (exact) mass is 1270 g/mol. The summed E-state index contributed by atoms with van der Waals surface area (Å²) in [5.41, 5.74) is 49.2. The number of rotatable bonds is 6. The molecule has 8 aromatic carbocycles. The zero-order valence-electron chi connectivity index (χ0n) is 61.0. The molecular weight excluding hydrogens is 1170 g/mol. The highest BCUT2D eigenvalue weighted by Crippen LogP contribution is 2.46. The third-order valence-electron chi connectivity index (χ3n) is 21.5. The van der Waals surface area contributed by atoms with Gasteiger partial charge in [0.15, 0.2) is 24.8 Å². The Hall–Kier alpha value is -9.64. The molecule has 4 aliphatic carbocycles. The zero-order valence-corrected chi connectivity index (χ0v) is 61.0. The van der Waals surface area contributed by atoms with Gasteiger partial charge in [-0.15, -0.1) is 0 Å². The second-order valence-electron chi connectivity index (χ2n) is 30.1. The van der Waals surface area contributed by atoms with E-state index in [1.165, 1.54) is 195 Å². The maximum absolute atomic E-state index is 2.37. The maximum Gasteiger partial charge on any atom is 0.212 e. The average molecular weight is 1270 g/mol. The predicted molar refractivity (Wildman–Crippen MR) is 405 cm³/mol. The summed E-state index contributed by atoms with van der Waals surface area (Å²) < 4.78 is 9.03. The van der Waals surface area contributed by atoms with Gasteiger partial charge in [0, 0.05) is 69.3 Å². The van der Waals surface area contributed by atoms with Crippen molar-refractivity contribution in [2.75, 3.05) is 0 Å². The van der Waals surface area contributed by atoms with Crippen LogP contribution in [0.1, 0.15) is 146 Å². The lowest BCUT2D eigenvalue weighted by atomic mass is 9.86. The van der Waals surface area contributed by atoms with Gasteiger partial charge in [-0.25, -0.2) is 18.3 Å². The third kappa shape index (κ3) is 12.8. The molecule has 486 valence electrons. The molecule has 0 saturated carbocycles. The van der Waals surface area contributed by atoms with Crippen molar-refractivity contribution < 1.29 is 18.3 Å². The van der Waals surface area contributed by atoms with Gasteiger partial charge in [-0.1, -0.05) is 155 Å². The Balaban J connectivity index is 0.000000117. The van der Waals surface area contributed by atoms with E-state index in [4.69, 9.17) is 0 Å². The van der Waals surface area contributed by atoms with Crippen molar-refractivity contribution in [3.63, 3.8) is 0 Å². The molecule has 12 aromatic rings. The fraction of sp³-hybridized carbons (Fsp3) is 0.269. The van der Waals surface area contributed by atoms with E-state index >= 15 is 0 Å². The van der Waals surface area contributed by atoms with Gasteiger partial charge < -0.3 is 0 Å². The molecule has 0 aliphatic heterocycles. The first-order valence-electron chi connectivity index (χ1n) is 35.2. The first-order chi connectivity index (χ1) is 46.4. The van der Waals surface area contributed by atoms with Gasteiger partial charge in [0.05, 0.1) is 0 Å². The first-order valence-corrected chi connectivity index (χ1v) is 35.2. The normalized spacial score (nSPS) is 12.4. The standard InChI is InChI=1S/C26H30N.C24H26N.C22H22N.C21H20N/c1-17-13-25(27(6)16-20(17)15-26(3,4)5)21-11-12-23-22-10-8-7-9-19(22)14-24(23)18(21)2;1-15(2)23-14-25(5)24(12-16(23)3)19-10-11-21-20-9-7-6-8-18(20)13-22(21)17(19)4;1-14-5-7-19-17(11-14)12-21-16(3)18(8-9-20(19)21)22-10-6-15(2)13-23(22)4;1-14-7-8-18-16(12-14)13-20-15(2)17(9-10-19(18)20)21-6-4-5-11-22(21)3/h7-13,16H,14-15H2,1-6H3;6-12,14-15H,13H2,1-5H3;5-11,13H,12H2,1-4H3;4-12H,13H2,1-3H3/q4*+1. The second kappa shape index (κ2) is 26.4. The number of fused-ring (bicyclic) bond motifs is 12. The van der Waals surface area contributed by atoms with Gasteiger partial charge >= 0.3 is 0 Å². The molecule has 4 heterocycles. The van der Waals surface area contributed by atoms with Gasteiger partial charge in [0.25, 0.3) is 0 Å². The minimum absolute atomic E-state index is 0.300. The highest BCUT2D eigenvalue weighted by molar-refractivity contribution is 5.86. The Morgan fingerprint density at radius 3 is 1.12 bits per heavy atom. The maximum atomic E-state index is 2.37. The summed E-state index contributed by atoms with van der Waals surface area (Å²) in [6.45, 7) is 31.5. The van der Waals surface area contributed by atoms with Gasteiger partial charge in [-0.3, -0.25) is 0 Å². The smallest absolute Gasteiger partial charge is 0.201 e. The molecule has 4 aromatic heterocycles. The van der Waals surface area contributed by atoms with Crippen molar-refractivity contribution in [1.82, 2.24) is 0 Å². The molecule has 0 fully saturated rings. The summed E-state index contributed by atoms with van der Waals surface area (Å²) in [5, 5.41) is 0. The Labute approximate surface area is 579 Å². The highest BCUT2D eigenvalue weighted by atomic mass is 14.9. The first kappa shape index (κ1) is 66.0. The number of pyridine rings is 4. The lowest BCUT2D eigenvalue weighted by Crippen LogP contribution is -2.32. The third-order valence-corrected chi connectivity index (χ3v) is 21.5. The van der Waals surface area contributed by atoms with Crippen LogP contribution in [0.4, 0.5) is 0 Å². The van der Waals surface area contributed by atoms with Crippen LogP contribution in [0, 0.1) is 67.7 Å². The number of benzene rings is 8. The van der Waals surface area contributed by atoms with E-state index in [9.17, 15) is 0 Å². The van der Waals surface area contributed by atoms with Crippen LogP contribution in [0.2, 0.25) is 0 Å². The van der Waals surface area contributed by atoms with E-state index in [0.717, 1.165) is 32.1 Å². The molecule has 97 heavy (non-hydrogen) atoms. The summed E-state index contributed by atoms with van der Waals surface area (Å²) >= 11 is 0. The molecule has 0 amide bonds. The van der Waals surface area contributed by atoms with Gasteiger partial charge in [0.2, 0.25) is 22.8 Å². The number of aryl methyl sites for hydroxylation is 9. The van der Waals surface area contributed by atoms with E-state index in [0.29, 0.717) is 11.3 Å². The average Bonchev–Trinajstić information content (AvgIpc) is 1.67. The summed E-state index contributed by atoms with van der Waals surface area (Å²) in [7, 11) is 8.59. The topological polar surface area (TPSA) is 15.5 Å². The van der Waals surface area contributed by atoms with E-state index < -0.39 is 0 Å². The van der Waals surface area contributed by atoms with E-state index in [1.807, 2.05) is 0 Å². The Morgan fingerprint density at radius 1 is 0.320 bits per heavy atom. The predicted octanol–water partition coefficient (Wildman–Crippen LogP) is 20.5. The fourth-order valence-electron chi connectivity index (χ4n) is 16.3. The van der Waals surface area contributed by atoms with Crippen molar-refractivity contribution in [2.45, 2.75) is 135 Å². The number of aromatic nitrogens is 4. The van der Waals surface area contributed by atoms with Crippen molar-refractivity contribution in [1.29, 1.82) is 0 Å². The highest BCUT2D eigenvalue weighted by Gasteiger charge is 2.30. The molecule has 0 unspecified atom stereocenters. The van der Waals surface area contributed by atoms with E-state index in [-0.39, 0.29) is 0 Å². The molecule has 0 saturated heterocycles. The zero-order chi connectivity index (χ0) is 68.5. The molecule has 4 aliphatic rings. The van der Waals surface area contributed by atoms with Crippen molar-refractivity contribution in [3.8, 4) is 89.5 Å². The fourth-order valence-corrected chi connectivity index (χ4v) is 16.3. The lowest BCUT2D eigenvalue weighted by Gasteiger charge is -2.19. The molecule has 4 nitrogen and oxygen atoms in total. The van der Waals surface area contributed by atoms with Crippen LogP contribution in [0.15, 0.2) is 201 Å². The summed E-state index contributed by atoms with van der Waals surface area (Å²) in [4.78, 5) is 0. The van der Waals surface area contributed by atoms with Gasteiger partial charge in [0.1, 0.15) is 28.2 Å². The van der Waals surface area contributed by atoms with Crippen LogP contribution in [0.5, 0.6) is 0 Å². The van der Waals surface area contributed by atoms with Crippen LogP contribution < -0.4 is 18.3 Å². The van der Waals surface area contributed by atoms with E-state index in [1.54, 1.807) is 0 Å². The van der Waals surface area contributed by atoms with Gasteiger partial charge in [-0.05, 0) is 265 Å². The summed E-state index contributed by atoms with van der Waals surface area (Å²) in [6.07, 6.45) is 14.3. The van der Waals surface area contributed by atoms with Crippen molar-refractivity contribution in [2.24, 2.45) is 33.6 Å². The number of hydrogen-bond acceptors (Lipinski definition) is 0. The SMILES string of the molecule is Cc1cc(-c2ccc3c(c2C)Cc2ccccc2-3)[n+](C)cc1C(C)C.Cc1cc(-c2ccc3c(c2C)Cc2ccccc2-3)[n+](C)cc1CC(C)(C)C.Cc1ccc2c(c1)Cc1c-2ccc(-c2ccc(C)c[n+]2C)c1C.Cc1ccc2c(c1)Cc1c-2ccc(-c2cccc[n+]2C)c1C. The largest absolute Gasteiger partial charge is 0.212 e. The quantitative estimate of drug-likeness (QED) is 0.148.